The third kappa shape index (κ3) is 6.65. The molecule has 0 aliphatic heterocycles. The summed E-state index contributed by atoms with van der Waals surface area (Å²) in [6, 6.07) is 13.1. The van der Waals surface area contributed by atoms with Crippen molar-refractivity contribution >= 4 is 29.1 Å². The van der Waals surface area contributed by atoms with E-state index in [1.54, 1.807) is 12.1 Å². The molecule has 0 aliphatic rings. The molecule has 0 bridgehead atoms. The maximum absolute atomic E-state index is 12.0. The number of rotatable bonds is 8. The normalized spacial score (nSPS) is 11.4. The van der Waals surface area contributed by atoms with E-state index in [4.69, 9.17) is 23.2 Å². The summed E-state index contributed by atoms with van der Waals surface area (Å²) >= 11 is 11.5. The fraction of sp³-hybridized carbons (Fsp3) is 0.278. The number of hydrogen-bond donors (Lipinski definition) is 2. The van der Waals surface area contributed by atoms with E-state index in [2.05, 4.69) is 10.6 Å². The molecule has 134 valence electrons. The van der Waals surface area contributed by atoms with Crippen molar-refractivity contribution in [2.75, 3.05) is 13.1 Å². The highest BCUT2D eigenvalue weighted by Gasteiger charge is 2.07. The van der Waals surface area contributed by atoms with Crippen molar-refractivity contribution in [3.63, 3.8) is 0 Å². The minimum Gasteiger partial charge on any atom is -0.848 e. The Morgan fingerprint density at radius 3 is 2.08 bits per heavy atom. The van der Waals surface area contributed by atoms with Gasteiger partial charge in [0.05, 0.1) is 0 Å². The summed E-state index contributed by atoms with van der Waals surface area (Å²) in [6.07, 6.45) is 0.717. The second-order valence-electron chi connectivity index (χ2n) is 5.53. The molecule has 2 aromatic carbocycles. The molecule has 0 aromatic heterocycles. The van der Waals surface area contributed by atoms with E-state index in [1.807, 2.05) is 12.1 Å². The predicted molar refractivity (Wildman–Crippen MR) is 93.9 cm³/mol. The fourth-order valence-electron chi connectivity index (χ4n) is 2.20. The Balaban J connectivity index is 1.69. The van der Waals surface area contributed by atoms with E-state index < -0.39 is 5.91 Å². The Morgan fingerprint density at radius 1 is 0.920 bits per heavy atom. The van der Waals surface area contributed by atoms with Crippen LogP contribution in [0.3, 0.4) is 0 Å². The van der Waals surface area contributed by atoms with Gasteiger partial charge in [0.1, 0.15) is 0 Å². The van der Waals surface area contributed by atoms with E-state index in [0.29, 0.717) is 23.0 Å². The van der Waals surface area contributed by atoms with Crippen LogP contribution in [0.2, 0.25) is 10.0 Å². The second-order valence-corrected chi connectivity index (χ2v) is 6.40. The largest absolute Gasteiger partial charge is 0.848 e. The highest BCUT2D eigenvalue weighted by atomic mass is 35.5. The van der Waals surface area contributed by atoms with E-state index in [1.165, 1.54) is 24.3 Å². The molecule has 0 radical (unpaired) electrons. The van der Waals surface area contributed by atoms with Gasteiger partial charge in [-0.3, -0.25) is 4.79 Å². The summed E-state index contributed by atoms with van der Waals surface area (Å²) in [5, 5.41) is 30.1. The van der Waals surface area contributed by atoms with Crippen molar-refractivity contribution in [3.8, 4) is 0 Å². The van der Waals surface area contributed by atoms with Crippen LogP contribution < -0.4 is 20.8 Å². The van der Waals surface area contributed by atoms with Crippen molar-refractivity contribution in [1.82, 2.24) is 10.6 Å². The molecule has 0 spiro atoms. The zero-order valence-corrected chi connectivity index (χ0v) is 14.9. The van der Waals surface area contributed by atoms with Crippen LogP contribution in [-0.4, -0.2) is 19.0 Å². The first-order chi connectivity index (χ1) is 11.9. The average Bonchev–Trinajstić information content (AvgIpc) is 2.57. The lowest BCUT2D eigenvalue weighted by Gasteiger charge is -2.50. The van der Waals surface area contributed by atoms with Gasteiger partial charge in [-0.15, -0.1) is 5.91 Å². The van der Waals surface area contributed by atoms with Crippen LogP contribution in [0.5, 0.6) is 0 Å². The minimum absolute atomic E-state index is 0.0115. The summed E-state index contributed by atoms with van der Waals surface area (Å²) in [7, 11) is 0. The lowest BCUT2D eigenvalue weighted by Crippen LogP contribution is -2.63. The molecule has 0 fully saturated rings. The second kappa shape index (κ2) is 9.17. The predicted octanol–water partition coefficient (Wildman–Crippen LogP) is 1.16. The highest BCUT2D eigenvalue weighted by Crippen LogP contribution is 2.14. The first-order valence-electron chi connectivity index (χ1n) is 7.80. The zero-order chi connectivity index (χ0) is 18.3. The molecule has 2 N–H and O–H groups in total. The van der Waals surface area contributed by atoms with Gasteiger partial charge in [-0.05, 0) is 36.2 Å². The van der Waals surface area contributed by atoms with Crippen LogP contribution in [0.4, 0.5) is 0 Å². The smallest absolute Gasteiger partial charge is 0.221 e. The monoisotopic (exact) mass is 380 g/mol. The summed E-state index contributed by atoms with van der Waals surface area (Å²) in [6.45, 7) is 0.458. The quantitative estimate of drug-likeness (QED) is 0.672. The first-order valence-corrected chi connectivity index (χ1v) is 8.55. The third-order valence-electron chi connectivity index (χ3n) is 3.58. The van der Waals surface area contributed by atoms with Gasteiger partial charge in [-0.25, -0.2) is 0 Å². The van der Waals surface area contributed by atoms with Gasteiger partial charge in [0.25, 0.3) is 0 Å². The van der Waals surface area contributed by atoms with E-state index in [0.717, 1.165) is 5.56 Å². The van der Waals surface area contributed by atoms with E-state index >= 15 is 0 Å². The maximum atomic E-state index is 12.0. The van der Waals surface area contributed by atoms with Crippen LogP contribution in [0.1, 0.15) is 17.5 Å². The molecule has 2 aromatic rings. The third-order valence-corrected chi connectivity index (χ3v) is 4.09. The number of hydrogen-bond acceptors (Lipinski definition) is 4. The molecular formula is C18H18Cl2N2O3-2. The lowest BCUT2D eigenvalue weighted by molar-refractivity contribution is -0.744. The Hall–Kier alpha value is -1.63. The number of halogens is 2. The minimum atomic E-state index is -2.71. The first kappa shape index (κ1) is 19.7. The average molecular weight is 381 g/mol. The molecule has 5 nitrogen and oxygen atoms in total. The summed E-state index contributed by atoms with van der Waals surface area (Å²) in [4.78, 5) is 11.8. The van der Waals surface area contributed by atoms with Gasteiger partial charge in [-0.1, -0.05) is 53.0 Å². The Bertz CT molecular complexity index is 688. The highest BCUT2D eigenvalue weighted by molar-refractivity contribution is 6.30. The van der Waals surface area contributed by atoms with Crippen LogP contribution in [0.15, 0.2) is 48.5 Å². The Kier molecular flexibility index (Phi) is 7.23. The number of benzene rings is 2. The SMILES string of the molecule is O=C(CCNC([O-])([O-])c1ccc(Cl)cc1)NCCc1ccc(Cl)cc1. The molecule has 0 saturated heterocycles. The molecule has 7 heteroatoms. The van der Waals surface area contributed by atoms with Gasteiger partial charge in [0, 0.05) is 29.6 Å². The summed E-state index contributed by atoms with van der Waals surface area (Å²) in [5.74, 6) is -2.94. The van der Waals surface area contributed by atoms with Gasteiger partial charge in [0.2, 0.25) is 5.91 Å². The van der Waals surface area contributed by atoms with Crippen LogP contribution in [0, 0.1) is 0 Å². The van der Waals surface area contributed by atoms with Crippen molar-refractivity contribution in [2.45, 2.75) is 18.8 Å². The Labute approximate surface area is 156 Å². The standard InChI is InChI=1S/C18H18Cl2N2O3/c19-15-5-1-13(2-6-15)9-11-21-17(23)10-12-22-18(24,25)14-3-7-16(20)8-4-14/h1-8,22H,9-12H2,(H,21,23)/q-2. The van der Waals surface area contributed by atoms with Crippen LogP contribution >= 0.6 is 23.2 Å². The lowest BCUT2D eigenvalue weighted by atomic mass is 10.1. The Morgan fingerprint density at radius 2 is 1.48 bits per heavy atom. The number of amides is 1. The molecular weight excluding hydrogens is 363 g/mol. The van der Waals surface area contributed by atoms with Crippen LogP contribution in [0.25, 0.3) is 0 Å². The number of carbonyl (C=O) groups excluding carboxylic acids is 1. The van der Waals surface area contributed by atoms with Gasteiger partial charge in [0.15, 0.2) is 0 Å². The topological polar surface area (TPSA) is 87.2 Å². The van der Waals surface area contributed by atoms with Crippen molar-refractivity contribution in [3.05, 3.63) is 69.7 Å². The molecule has 0 aliphatic carbocycles. The molecule has 25 heavy (non-hydrogen) atoms. The maximum Gasteiger partial charge on any atom is 0.221 e. The van der Waals surface area contributed by atoms with Crippen molar-refractivity contribution in [1.29, 1.82) is 0 Å². The number of nitrogens with one attached hydrogen (secondary N) is 2. The molecule has 0 heterocycles. The number of carbonyl (C=O) groups is 1. The molecule has 1 amide bonds. The molecule has 0 atom stereocenters. The van der Waals surface area contributed by atoms with Crippen molar-refractivity contribution < 1.29 is 15.0 Å². The van der Waals surface area contributed by atoms with Gasteiger partial charge >= 0.3 is 0 Å². The fourth-order valence-corrected chi connectivity index (χ4v) is 2.45. The van der Waals surface area contributed by atoms with Gasteiger partial charge < -0.3 is 20.8 Å². The van der Waals surface area contributed by atoms with E-state index in [9.17, 15) is 15.0 Å². The van der Waals surface area contributed by atoms with Crippen molar-refractivity contribution in [2.24, 2.45) is 0 Å². The summed E-state index contributed by atoms with van der Waals surface area (Å²) < 4.78 is 0. The molecule has 0 saturated carbocycles. The zero-order valence-electron chi connectivity index (χ0n) is 13.4. The van der Waals surface area contributed by atoms with Crippen LogP contribution in [-0.2, 0) is 17.1 Å². The van der Waals surface area contributed by atoms with Gasteiger partial charge in [-0.2, -0.15) is 0 Å². The molecule has 0 unspecified atom stereocenters. The van der Waals surface area contributed by atoms with E-state index in [-0.39, 0.29) is 24.4 Å². The molecule has 2 rings (SSSR count). The summed E-state index contributed by atoms with van der Waals surface area (Å²) in [5.41, 5.74) is 1.09.